The molecule has 0 atom stereocenters. The summed E-state index contributed by atoms with van der Waals surface area (Å²) in [7, 11) is 0. The molecule has 90 valence electrons. The molecule has 16 heavy (non-hydrogen) atoms. The van der Waals surface area contributed by atoms with Crippen molar-refractivity contribution < 1.29 is 29.4 Å². The van der Waals surface area contributed by atoms with Gasteiger partial charge in [0.15, 0.2) is 5.92 Å². The maximum atomic E-state index is 11.0. The summed E-state index contributed by atoms with van der Waals surface area (Å²) in [4.78, 5) is 42.1. The van der Waals surface area contributed by atoms with E-state index in [0.717, 1.165) is 0 Å². The van der Waals surface area contributed by atoms with Crippen molar-refractivity contribution in [2.45, 2.75) is 12.8 Å². The first-order valence-corrected chi connectivity index (χ1v) is 4.35. The van der Waals surface area contributed by atoms with Crippen LogP contribution in [0.15, 0.2) is 0 Å². The molecule has 0 aromatic rings. The van der Waals surface area contributed by atoms with Gasteiger partial charge in [-0.25, -0.2) is 0 Å². The van der Waals surface area contributed by atoms with E-state index in [4.69, 9.17) is 15.9 Å². The van der Waals surface area contributed by atoms with Crippen LogP contribution in [0.5, 0.6) is 0 Å². The van der Waals surface area contributed by atoms with Crippen LogP contribution in [-0.2, 0) is 19.2 Å². The van der Waals surface area contributed by atoms with E-state index >= 15 is 0 Å². The number of rotatable bonds is 7. The van der Waals surface area contributed by atoms with Crippen LogP contribution in [-0.4, -0.2) is 40.5 Å². The number of carboxylic acid groups (broad SMARTS) is 2. The van der Waals surface area contributed by atoms with Gasteiger partial charge in [0, 0.05) is 19.4 Å². The molecule has 2 amide bonds. The summed E-state index contributed by atoms with van der Waals surface area (Å²) in [5, 5.41) is 19.0. The van der Waals surface area contributed by atoms with Crippen LogP contribution in [0.3, 0.4) is 0 Å². The third-order valence-electron chi connectivity index (χ3n) is 1.70. The zero-order valence-corrected chi connectivity index (χ0v) is 8.30. The molecule has 0 rings (SSSR count). The molecule has 8 heteroatoms. The third kappa shape index (κ3) is 5.58. The Morgan fingerprint density at radius 3 is 1.94 bits per heavy atom. The zero-order valence-electron chi connectivity index (χ0n) is 8.30. The van der Waals surface area contributed by atoms with Gasteiger partial charge < -0.3 is 21.3 Å². The van der Waals surface area contributed by atoms with Crippen molar-refractivity contribution in [3.63, 3.8) is 0 Å². The number of carboxylic acids is 2. The van der Waals surface area contributed by atoms with Crippen molar-refractivity contribution in [2.75, 3.05) is 6.54 Å². The Balaban J connectivity index is 4.02. The third-order valence-corrected chi connectivity index (χ3v) is 1.70. The molecule has 0 unspecified atom stereocenters. The molecule has 8 nitrogen and oxygen atoms in total. The van der Waals surface area contributed by atoms with E-state index in [9.17, 15) is 19.2 Å². The Morgan fingerprint density at radius 2 is 1.56 bits per heavy atom. The minimum atomic E-state index is -1.70. The van der Waals surface area contributed by atoms with Crippen molar-refractivity contribution in [1.29, 1.82) is 0 Å². The largest absolute Gasteiger partial charge is 0.481 e. The summed E-state index contributed by atoms with van der Waals surface area (Å²) >= 11 is 0. The van der Waals surface area contributed by atoms with Gasteiger partial charge in [-0.3, -0.25) is 19.2 Å². The summed E-state index contributed by atoms with van der Waals surface area (Å²) in [5.74, 6) is -6.06. The van der Waals surface area contributed by atoms with E-state index in [2.05, 4.69) is 5.32 Å². The van der Waals surface area contributed by atoms with Gasteiger partial charge in [-0.2, -0.15) is 0 Å². The minimum Gasteiger partial charge on any atom is -0.481 e. The molecule has 0 radical (unpaired) electrons. The highest BCUT2D eigenvalue weighted by Gasteiger charge is 2.25. The van der Waals surface area contributed by atoms with Gasteiger partial charge in [0.2, 0.25) is 11.8 Å². The normalized spacial score (nSPS) is 9.81. The lowest BCUT2D eigenvalue weighted by atomic mass is 10.1. The van der Waals surface area contributed by atoms with Gasteiger partial charge in [-0.1, -0.05) is 0 Å². The van der Waals surface area contributed by atoms with Crippen molar-refractivity contribution >= 4 is 23.8 Å². The van der Waals surface area contributed by atoms with Gasteiger partial charge in [-0.05, 0) is 0 Å². The van der Waals surface area contributed by atoms with Crippen molar-refractivity contribution in [1.82, 2.24) is 5.32 Å². The fraction of sp³-hybridized carbons (Fsp3) is 0.500. The smallest absolute Gasteiger partial charge is 0.319 e. The topological polar surface area (TPSA) is 147 Å². The van der Waals surface area contributed by atoms with Gasteiger partial charge in [-0.15, -0.1) is 0 Å². The van der Waals surface area contributed by atoms with E-state index in [0.29, 0.717) is 0 Å². The van der Waals surface area contributed by atoms with Crippen LogP contribution >= 0.6 is 0 Å². The standard InChI is InChI=1S/C8H12N2O6/c9-5(11)1-2-6(12)10-3-4(7(13)14)8(15)16/h4H,1-3H2,(H2,9,11)(H,10,12)(H,13,14)(H,15,16). The number of hydrogen-bond acceptors (Lipinski definition) is 4. The Labute approximate surface area is 90.4 Å². The number of nitrogens with two attached hydrogens (primary N) is 1. The minimum absolute atomic E-state index is 0.170. The first-order chi connectivity index (χ1) is 7.34. The molecule has 5 N–H and O–H groups in total. The van der Waals surface area contributed by atoms with E-state index < -0.39 is 36.2 Å². The van der Waals surface area contributed by atoms with Crippen LogP contribution in [0, 0.1) is 5.92 Å². The number of primary amides is 1. The van der Waals surface area contributed by atoms with Crippen molar-refractivity contribution in [3.05, 3.63) is 0 Å². The predicted octanol–water partition coefficient (Wildman–Crippen LogP) is -1.85. The van der Waals surface area contributed by atoms with E-state index in [-0.39, 0.29) is 12.8 Å². The molecule has 0 saturated carbocycles. The SMILES string of the molecule is NC(=O)CCC(=O)NCC(C(=O)O)C(=O)O. The van der Waals surface area contributed by atoms with Crippen LogP contribution in [0.4, 0.5) is 0 Å². The predicted molar refractivity (Wildman–Crippen MR) is 50.2 cm³/mol. The summed E-state index contributed by atoms with van der Waals surface area (Å²) in [5.41, 5.74) is 4.79. The highest BCUT2D eigenvalue weighted by atomic mass is 16.4. The van der Waals surface area contributed by atoms with E-state index in [1.807, 2.05) is 0 Å². The lowest BCUT2D eigenvalue weighted by Gasteiger charge is -2.08. The first kappa shape index (κ1) is 13.9. The Bertz CT molecular complexity index is 300. The van der Waals surface area contributed by atoms with Gasteiger partial charge in [0.05, 0.1) is 0 Å². The number of carbonyl (C=O) groups is 4. The molecular weight excluding hydrogens is 220 g/mol. The lowest BCUT2D eigenvalue weighted by molar-refractivity contribution is -0.154. The quantitative estimate of drug-likeness (QED) is 0.379. The van der Waals surface area contributed by atoms with Gasteiger partial charge in [0.1, 0.15) is 0 Å². The second-order valence-corrected chi connectivity index (χ2v) is 3.00. The second kappa shape index (κ2) is 6.38. The molecule has 0 aliphatic rings. The van der Waals surface area contributed by atoms with E-state index in [1.54, 1.807) is 0 Å². The molecule has 0 aliphatic heterocycles. The second-order valence-electron chi connectivity index (χ2n) is 3.00. The molecule has 0 heterocycles. The Kier molecular flexibility index (Phi) is 5.53. The fourth-order valence-corrected chi connectivity index (χ4v) is 0.821. The van der Waals surface area contributed by atoms with E-state index in [1.165, 1.54) is 0 Å². The van der Waals surface area contributed by atoms with Crippen molar-refractivity contribution in [3.8, 4) is 0 Å². The molecule has 0 spiro atoms. The van der Waals surface area contributed by atoms with Gasteiger partial charge >= 0.3 is 11.9 Å². The number of carbonyl (C=O) groups excluding carboxylic acids is 2. The highest BCUT2D eigenvalue weighted by Crippen LogP contribution is 1.96. The molecule has 0 saturated heterocycles. The highest BCUT2D eigenvalue weighted by molar-refractivity contribution is 5.93. The van der Waals surface area contributed by atoms with Crippen LogP contribution in [0.25, 0.3) is 0 Å². The average Bonchev–Trinajstić information content (AvgIpc) is 2.13. The summed E-state index contributed by atoms with van der Waals surface area (Å²) in [6, 6.07) is 0. The Morgan fingerprint density at radius 1 is 1.06 bits per heavy atom. The molecule has 0 bridgehead atoms. The summed E-state index contributed by atoms with van der Waals surface area (Å²) in [6.45, 7) is -0.526. The average molecular weight is 232 g/mol. The molecule has 0 fully saturated rings. The van der Waals surface area contributed by atoms with Crippen LogP contribution in [0.1, 0.15) is 12.8 Å². The fourth-order valence-electron chi connectivity index (χ4n) is 0.821. The Hall–Kier alpha value is -2.12. The molecule has 0 aromatic heterocycles. The number of amides is 2. The maximum absolute atomic E-state index is 11.0. The summed E-state index contributed by atoms with van der Waals surface area (Å²) in [6.07, 6.45) is -0.363. The monoisotopic (exact) mass is 232 g/mol. The first-order valence-electron chi connectivity index (χ1n) is 4.35. The lowest BCUT2D eigenvalue weighted by Crippen LogP contribution is -2.37. The molecule has 0 aliphatic carbocycles. The maximum Gasteiger partial charge on any atom is 0.319 e. The van der Waals surface area contributed by atoms with Crippen LogP contribution in [0.2, 0.25) is 0 Å². The number of aliphatic carboxylic acids is 2. The molecular formula is C8H12N2O6. The molecule has 0 aromatic carbocycles. The van der Waals surface area contributed by atoms with Crippen molar-refractivity contribution in [2.24, 2.45) is 11.7 Å². The summed E-state index contributed by atoms with van der Waals surface area (Å²) < 4.78 is 0. The number of nitrogens with one attached hydrogen (secondary N) is 1. The number of hydrogen-bond donors (Lipinski definition) is 4. The van der Waals surface area contributed by atoms with Gasteiger partial charge in [0.25, 0.3) is 0 Å². The van der Waals surface area contributed by atoms with Crippen LogP contribution < -0.4 is 11.1 Å². The zero-order chi connectivity index (χ0) is 12.7.